The molecule has 15 heavy (non-hydrogen) atoms. The lowest BCUT2D eigenvalue weighted by Gasteiger charge is -1.99. The van der Waals surface area contributed by atoms with E-state index >= 15 is 0 Å². The van der Waals surface area contributed by atoms with Crippen LogP contribution >= 0.6 is 11.3 Å². The number of hydrogen-bond acceptors (Lipinski definition) is 3. The van der Waals surface area contributed by atoms with Crippen molar-refractivity contribution in [3.05, 3.63) is 21.4 Å². The number of primary amides is 1. The molecule has 4 nitrogen and oxygen atoms in total. The van der Waals surface area contributed by atoms with E-state index in [0.717, 1.165) is 12.8 Å². The van der Waals surface area contributed by atoms with Crippen LogP contribution in [-0.4, -0.2) is 18.4 Å². The quantitative estimate of drug-likeness (QED) is 0.782. The van der Waals surface area contributed by atoms with Crippen molar-refractivity contribution in [1.29, 1.82) is 0 Å². The number of rotatable bonds is 3. The van der Waals surface area contributed by atoms with E-state index in [1.807, 2.05) is 6.07 Å². The first kappa shape index (κ1) is 10.2. The van der Waals surface area contributed by atoms with E-state index in [4.69, 9.17) is 5.73 Å². The van der Waals surface area contributed by atoms with Gasteiger partial charge in [0.1, 0.15) is 0 Å². The molecule has 0 spiro atoms. The summed E-state index contributed by atoms with van der Waals surface area (Å²) in [6, 6.07) is 1.92. The van der Waals surface area contributed by atoms with Gasteiger partial charge in [-0.05, 0) is 30.9 Å². The van der Waals surface area contributed by atoms with E-state index in [1.54, 1.807) is 0 Å². The molecule has 1 aromatic rings. The van der Waals surface area contributed by atoms with Gasteiger partial charge in [0.25, 0.3) is 5.91 Å². The van der Waals surface area contributed by atoms with E-state index in [0.29, 0.717) is 4.88 Å². The molecule has 0 unspecified atom stereocenters. The maximum atomic E-state index is 11.5. The van der Waals surface area contributed by atoms with E-state index in [9.17, 15) is 9.59 Å². The summed E-state index contributed by atoms with van der Waals surface area (Å²) in [6.07, 6.45) is 3.32. The van der Waals surface area contributed by atoms with Gasteiger partial charge in [0.05, 0.1) is 11.4 Å². The van der Waals surface area contributed by atoms with Crippen molar-refractivity contribution in [2.75, 3.05) is 6.54 Å². The third-order valence-corrected chi connectivity index (χ3v) is 3.63. The van der Waals surface area contributed by atoms with Crippen molar-refractivity contribution in [3.8, 4) is 0 Å². The Morgan fingerprint density at radius 3 is 2.93 bits per heavy atom. The minimum Gasteiger partial charge on any atom is -0.368 e. The standard InChI is InChI=1S/C10H12N2O2S/c11-9(13)5-12-10(14)8-4-6-2-1-3-7(6)15-8/h4H,1-3,5H2,(H2,11,13)(H,12,14). The molecule has 0 fully saturated rings. The lowest BCUT2D eigenvalue weighted by molar-refractivity contribution is -0.117. The molecule has 80 valence electrons. The fourth-order valence-corrected chi connectivity index (χ4v) is 2.87. The highest BCUT2D eigenvalue weighted by molar-refractivity contribution is 7.14. The summed E-state index contributed by atoms with van der Waals surface area (Å²) >= 11 is 1.52. The van der Waals surface area contributed by atoms with E-state index in [1.165, 1.54) is 28.2 Å². The van der Waals surface area contributed by atoms with Crippen LogP contribution in [0.5, 0.6) is 0 Å². The van der Waals surface area contributed by atoms with E-state index in [-0.39, 0.29) is 12.5 Å². The molecule has 1 aromatic heterocycles. The number of carbonyl (C=O) groups is 2. The average Bonchev–Trinajstić information content (AvgIpc) is 2.72. The molecule has 0 saturated carbocycles. The molecule has 0 aromatic carbocycles. The number of nitrogens with two attached hydrogens (primary N) is 1. The normalized spacial score (nSPS) is 13.6. The molecule has 3 N–H and O–H groups in total. The van der Waals surface area contributed by atoms with Crippen LogP contribution in [0.3, 0.4) is 0 Å². The van der Waals surface area contributed by atoms with E-state index < -0.39 is 5.91 Å². The molecule has 0 bridgehead atoms. The first-order chi connectivity index (χ1) is 7.16. The van der Waals surface area contributed by atoms with Crippen molar-refractivity contribution in [2.24, 2.45) is 5.73 Å². The summed E-state index contributed by atoms with van der Waals surface area (Å²) in [5.74, 6) is -0.722. The molecule has 1 aliphatic rings. The van der Waals surface area contributed by atoms with Crippen LogP contribution in [0.4, 0.5) is 0 Å². The molecule has 5 heteroatoms. The van der Waals surface area contributed by atoms with Gasteiger partial charge in [0, 0.05) is 4.88 Å². The smallest absolute Gasteiger partial charge is 0.261 e. The Labute approximate surface area is 91.5 Å². The summed E-state index contributed by atoms with van der Waals surface area (Å²) in [5.41, 5.74) is 6.22. The second kappa shape index (κ2) is 4.02. The van der Waals surface area contributed by atoms with Gasteiger partial charge in [-0.1, -0.05) is 0 Å². The molecule has 0 aliphatic heterocycles. The predicted octanol–water partition coefficient (Wildman–Crippen LogP) is 0.452. The van der Waals surface area contributed by atoms with Gasteiger partial charge < -0.3 is 11.1 Å². The maximum Gasteiger partial charge on any atom is 0.261 e. The molecule has 0 saturated heterocycles. The lowest BCUT2D eigenvalue weighted by Crippen LogP contribution is -2.32. The first-order valence-corrected chi connectivity index (χ1v) is 5.66. The Hall–Kier alpha value is -1.36. The number of carbonyl (C=O) groups excluding carboxylic acids is 2. The van der Waals surface area contributed by atoms with Crippen LogP contribution in [0.1, 0.15) is 26.5 Å². The van der Waals surface area contributed by atoms with Gasteiger partial charge in [-0.2, -0.15) is 0 Å². The van der Waals surface area contributed by atoms with Crippen LogP contribution in [-0.2, 0) is 17.6 Å². The summed E-state index contributed by atoms with van der Waals surface area (Å²) < 4.78 is 0. The Morgan fingerprint density at radius 2 is 2.27 bits per heavy atom. The van der Waals surface area contributed by atoms with Gasteiger partial charge in [-0.25, -0.2) is 0 Å². The molecule has 1 aliphatic carbocycles. The fraction of sp³-hybridized carbons (Fsp3) is 0.400. The van der Waals surface area contributed by atoms with Gasteiger partial charge in [0.15, 0.2) is 0 Å². The highest BCUT2D eigenvalue weighted by Crippen LogP contribution is 2.30. The zero-order valence-electron chi connectivity index (χ0n) is 8.21. The van der Waals surface area contributed by atoms with Crippen molar-refractivity contribution in [3.63, 3.8) is 0 Å². The molecule has 2 rings (SSSR count). The van der Waals surface area contributed by atoms with Crippen molar-refractivity contribution >= 4 is 23.2 Å². The Kier molecular flexibility index (Phi) is 2.73. The number of nitrogens with one attached hydrogen (secondary N) is 1. The Balaban J connectivity index is 2.03. The highest BCUT2D eigenvalue weighted by atomic mass is 32.1. The monoisotopic (exact) mass is 224 g/mol. The minimum atomic E-state index is -0.521. The van der Waals surface area contributed by atoms with Crippen LogP contribution in [0.2, 0.25) is 0 Å². The predicted molar refractivity (Wildman–Crippen MR) is 57.9 cm³/mol. The molecular weight excluding hydrogens is 212 g/mol. The third-order valence-electron chi connectivity index (χ3n) is 2.39. The number of amides is 2. The molecule has 2 amide bonds. The summed E-state index contributed by atoms with van der Waals surface area (Å²) in [5, 5.41) is 2.48. The van der Waals surface area contributed by atoms with Crippen molar-refractivity contribution in [1.82, 2.24) is 5.32 Å². The molecule has 1 heterocycles. The maximum absolute atomic E-state index is 11.5. The Morgan fingerprint density at radius 1 is 1.47 bits per heavy atom. The van der Waals surface area contributed by atoms with Crippen LogP contribution in [0, 0.1) is 0 Å². The van der Waals surface area contributed by atoms with Gasteiger partial charge in [-0.3, -0.25) is 9.59 Å². The summed E-state index contributed by atoms with van der Waals surface area (Å²) in [6.45, 7) is -0.0958. The van der Waals surface area contributed by atoms with E-state index in [2.05, 4.69) is 5.32 Å². The van der Waals surface area contributed by atoms with Crippen LogP contribution in [0.15, 0.2) is 6.07 Å². The highest BCUT2D eigenvalue weighted by Gasteiger charge is 2.18. The first-order valence-electron chi connectivity index (χ1n) is 4.85. The lowest BCUT2D eigenvalue weighted by atomic mass is 10.2. The number of fused-ring (bicyclic) bond motifs is 1. The number of hydrogen-bond donors (Lipinski definition) is 2. The molecule has 0 radical (unpaired) electrons. The van der Waals surface area contributed by atoms with Gasteiger partial charge in [-0.15, -0.1) is 11.3 Å². The zero-order chi connectivity index (χ0) is 10.8. The Bertz CT molecular complexity index is 390. The second-order valence-electron chi connectivity index (χ2n) is 3.56. The zero-order valence-corrected chi connectivity index (χ0v) is 9.02. The van der Waals surface area contributed by atoms with Crippen LogP contribution in [0.25, 0.3) is 0 Å². The minimum absolute atomic E-state index is 0.0958. The van der Waals surface area contributed by atoms with Gasteiger partial charge in [0.2, 0.25) is 5.91 Å². The second-order valence-corrected chi connectivity index (χ2v) is 4.70. The number of aryl methyl sites for hydroxylation is 2. The summed E-state index contributed by atoms with van der Waals surface area (Å²) in [4.78, 5) is 24.0. The number of thiophene rings is 1. The topological polar surface area (TPSA) is 72.2 Å². The van der Waals surface area contributed by atoms with Gasteiger partial charge >= 0.3 is 0 Å². The largest absolute Gasteiger partial charge is 0.368 e. The van der Waals surface area contributed by atoms with Crippen LogP contribution < -0.4 is 11.1 Å². The third kappa shape index (κ3) is 2.18. The molecular formula is C10H12N2O2S. The summed E-state index contributed by atoms with van der Waals surface area (Å²) in [7, 11) is 0. The van der Waals surface area contributed by atoms with Crippen molar-refractivity contribution < 1.29 is 9.59 Å². The molecule has 0 atom stereocenters. The average molecular weight is 224 g/mol. The SMILES string of the molecule is NC(=O)CNC(=O)c1cc2c(s1)CCC2. The fourth-order valence-electron chi connectivity index (χ4n) is 1.70. The van der Waals surface area contributed by atoms with Crippen molar-refractivity contribution in [2.45, 2.75) is 19.3 Å².